The fourth-order valence-electron chi connectivity index (χ4n) is 3.31. The monoisotopic (exact) mass is 367 g/mol. The van der Waals surface area contributed by atoms with E-state index >= 15 is 0 Å². The van der Waals surface area contributed by atoms with Gasteiger partial charge in [0.1, 0.15) is 5.82 Å². The molecular formula is C18H21N7O2. The molecule has 9 heteroatoms. The number of nitrogens with zero attached hydrogens (tertiary/aromatic N) is 5. The van der Waals surface area contributed by atoms with E-state index in [0.717, 1.165) is 55.5 Å². The van der Waals surface area contributed by atoms with E-state index in [-0.39, 0.29) is 11.8 Å². The summed E-state index contributed by atoms with van der Waals surface area (Å²) in [7, 11) is 0. The van der Waals surface area contributed by atoms with Gasteiger partial charge >= 0.3 is 0 Å². The molecule has 140 valence electrons. The SMILES string of the molecule is Oc1cc(C=c2cnn3c(=NC4CC4)cc(N4CCNCC4)nc23)c(O)[nH]1. The number of hydrogen-bond acceptors (Lipinski definition) is 7. The largest absolute Gasteiger partial charge is 0.494 e. The van der Waals surface area contributed by atoms with Gasteiger partial charge in [-0.15, -0.1) is 0 Å². The molecule has 1 saturated carbocycles. The minimum atomic E-state index is -0.0898. The number of H-pyrrole nitrogens is 1. The number of anilines is 1. The third-order valence-corrected chi connectivity index (χ3v) is 4.89. The molecule has 0 radical (unpaired) electrons. The third kappa shape index (κ3) is 3.10. The molecule has 0 unspecified atom stereocenters. The van der Waals surface area contributed by atoms with E-state index in [1.54, 1.807) is 16.8 Å². The molecule has 0 aromatic carbocycles. The molecule has 4 heterocycles. The predicted octanol–water partition coefficient (Wildman–Crippen LogP) is -0.511. The molecular weight excluding hydrogens is 346 g/mol. The van der Waals surface area contributed by atoms with Crippen LogP contribution in [-0.2, 0) is 0 Å². The highest BCUT2D eigenvalue weighted by Gasteiger charge is 2.21. The smallest absolute Gasteiger partial charge is 0.198 e. The molecule has 0 spiro atoms. The highest BCUT2D eigenvalue weighted by atomic mass is 16.3. The van der Waals surface area contributed by atoms with Crippen molar-refractivity contribution in [2.45, 2.75) is 18.9 Å². The van der Waals surface area contributed by atoms with Crippen molar-refractivity contribution in [2.24, 2.45) is 4.99 Å². The maximum Gasteiger partial charge on any atom is 0.198 e. The zero-order chi connectivity index (χ0) is 18.4. The Morgan fingerprint density at radius 2 is 2.00 bits per heavy atom. The Labute approximate surface area is 154 Å². The molecule has 3 aromatic heterocycles. The van der Waals surface area contributed by atoms with Crippen molar-refractivity contribution in [3.63, 3.8) is 0 Å². The van der Waals surface area contributed by atoms with E-state index in [1.165, 1.54) is 6.07 Å². The Balaban J connectivity index is 1.70. The zero-order valence-electron chi connectivity index (χ0n) is 14.8. The van der Waals surface area contributed by atoms with Crippen LogP contribution in [0.4, 0.5) is 5.82 Å². The Morgan fingerprint density at radius 1 is 1.19 bits per heavy atom. The zero-order valence-corrected chi connectivity index (χ0v) is 14.8. The molecule has 0 amide bonds. The molecule has 1 aliphatic heterocycles. The summed E-state index contributed by atoms with van der Waals surface area (Å²) in [5, 5.41) is 28.0. The van der Waals surface area contributed by atoms with Crippen LogP contribution in [0.15, 0.2) is 23.3 Å². The van der Waals surface area contributed by atoms with E-state index in [9.17, 15) is 10.2 Å². The van der Waals surface area contributed by atoms with Crippen LogP contribution in [0, 0.1) is 0 Å². The topological polar surface area (TPSA) is 114 Å². The van der Waals surface area contributed by atoms with Gasteiger partial charge in [-0.2, -0.15) is 9.61 Å². The van der Waals surface area contributed by atoms with E-state index in [2.05, 4.69) is 20.3 Å². The van der Waals surface area contributed by atoms with Gasteiger partial charge in [0.05, 0.1) is 12.2 Å². The standard InChI is InChI=1S/C18H21N7O2/c26-16-8-11(18(27)23-16)7-12-10-20-25-15(21-13-1-2-13)9-14(22-17(12)25)24-5-3-19-4-6-24/h7-10,13,19,23,26-27H,1-6H2. The number of hydrogen-bond donors (Lipinski definition) is 4. The maximum atomic E-state index is 9.91. The van der Waals surface area contributed by atoms with Gasteiger partial charge in [-0.1, -0.05) is 0 Å². The summed E-state index contributed by atoms with van der Waals surface area (Å²) in [4.78, 5) is 14.4. The van der Waals surface area contributed by atoms with Crippen LogP contribution < -0.4 is 20.9 Å². The second kappa shape index (κ2) is 6.27. The van der Waals surface area contributed by atoms with Crippen molar-refractivity contribution in [1.82, 2.24) is 24.9 Å². The van der Waals surface area contributed by atoms with E-state index in [0.29, 0.717) is 17.3 Å². The van der Waals surface area contributed by atoms with Gasteiger partial charge in [-0.05, 0) is 18.9 Å². The highest BCUT2D eigenvalue weighted by Crippen LogP contribution is 2.23. The fraction of sp³-hybridized carbons (Fsp3) is 0.389. The van der Waals surface area contributed by atoms with Gasteiger partial charge in [0.15, 0.2) is 22.9 Å². The van der Waals surface area contributed by atoms with Gasteiger partial charge in [0.2, 0.25) is 0 Å². The lowest BCUT2D eigenvalue weighted by atomic mass is 10.2. The van der Waals surface area contributed by atoms with Gasteiger partial charge in [0.25, 0.3) is 0 Å². The number of aromatic nitrogens is 4. The van der Waals surface area contributed by atoms with Gasteiger partial charge < -0.3 is 20.4 Å². The van der Waals surface area contributed by atoms with Gasteiger partial charge in [-0.25, -0.2) is 4.98 Å². The van der Waals surface area contributed by atoms with E-state index < -0.39 is 0 Å². The lowest BCUT2D eigenvalue weighted by molar-refractivity contribution is 0.425. The quantitative estimate of drug-likeness (QED) is 0.496. The minimum Gasteiger partial charge on any atom is -0.494 e. The first-order valence-corrected chi connectivity index (χ1v) is 9.18. The van der Waals surface area contributed by atoms with E-state index in [4.69, 9.17) is 9.98 Å². The van der Waals surface area contributed by atoms with Crippen LogP contribution >= 0.6 is 0 Å². The van der Waals surface area contributed by atoms with E-state index in [1.807, 2.05) is 6.07 Å². The summed E-state index contributed by atoms with van der Waals surface area (Å²) in [6.07, 6.45) is 5.69. The Morgan fingerprint density at radius 3 is 2.70 bits per heavy atom. The van der Waals surface area contributed by atoms with Crippen LogP contribution in [0.25, 0.3) is 11.7 Å². The average Bonchev–Trinajstić information content (AvgIpc) is 3.31. The molecule has 1 saturated heterocycles. The third-order valence-electron chi connectivity index (χ3n) is 4.89. The predicted molar refractivity (Wildman–Crippen MR) is 99.6 cm³/mol. The average molecular weight is 367 g/mol. The Bertz CT molecular complexity index is 1110. The van der Waals surface area contributed by atoms with Crippen LogP contribution in [-0.4, -0.2) is 62.0 Å². The van der Waals surface area contributed by atoms with Crippen molar-refractivity contribution in [3.8, 4) is 11.8 Å². The molecule has 1 aliphatic carbocycles. The molecule has 0 bridgehead atoms. The van der Waals surface area contributed by atoms with Crippen LogP contribution in [0.5, 0.6) is 11.8 Å². The summed E-state index contributed by atoms with van der Waals surface area (Å²) in [6.45, 7) is 3.64. The summed E-state index contributed by atoms with van der Waals surface area (Å²) >= 11 is 0. The number of piperazine rings is 1. The molecule has 9 nitrogen and oxygen atoms in total. The van der Waals surface area contributed by atoms with Crippen LogP contribution in [0.3, 0.4) is 0 Å². The van der Waals surface area contributed by atoms with Crippen molar-refractivity contribution in [2.75, 3.05) is 31.1 Å². The molecule has 5 rings (SSSR count). The van der Waals surface area contributed by atoms with Crippen LogP contribution in [0.2, 0.25) is 0 Å². The van der Waals surface area contributed by atoms with Crippen molar-refractivity contribution in [3.05, 3.63) is 34.6 Å². The summed E-state index contributed by atoms with van der Waals surface area (Å²) in [5.74, 6) is 0.710. The van der Waals surface area contributed by atoms with Crippen molar-refractivity contribution in [1.29, 1.82) is 0 Å². The Hall–Kier alpha value is -3.07. The minimum absolute atomic E-state index is 0.0888. The normalized spacial score (nSPS) is 19.3. The number of aromatic amines is 1. The summed E-state index contributed by atoms with van der Waals surface area (Å²) in [5.41, 5.74) is 1.97. The molecule has 4 N–H and O–H groups in total. The van der Waals surface area contributed by atoms with Gasteiger partial charge in [-0.3, -0.25) is 9.98 Å². The maximum absolute atomic E-state index is 9.91. The highest BCUT2D eigenvalue weighted by molar-refractivity contribution is 5.62. The van der Waals surface area contributed by atoms with Crippen LogP contribution in [0.1, 0.15) is 18.4 Å². The fourth-order valence-corrected chi connectivity index (χ4v) is 3.31. The summed E-state index contributed by atoms with van der Waals surface area (Å²) in [6, 6.07) is 3.84. The second-order valence-electron chi connectivity index (χ2n) is 7.01. The van der Waals surface area contributed by atoms with Crippen molar-refractivity contribution >= 4 is 17.5 Å². The second-order valence-corrected chi connectivity index (χ2v) is 7.01. The first-order chi connectivity index (χ1) is 13.2. The lowest BCUT2D eigenvalue weighted by Crippen LogP contribution is -2.44. The molecule has 2 fully saturated rings. The molecule has 3 aromatic rings. The Kier molecular flexibility index (Phi) is 3.75. The lowest BCUT2D eigenvalue weighted by Gasteiger charge is -2.28. The number of rotatable bonds is 3. The number of fused-ring (bicyclic) bond motifs is 1. The molecule has 0 atom stereocenters. The van der Waals surface area contributed by atoms with Crippen molar-refractivity contribution < 1.29 is 10.2 Å². The number of nitrogens with one attached hydrogen (secondary N) is 2. The first kappa shape index (κ1) is 16.1. The number of aromatic hydroxyl groups is 2. The first-order valence-electron chi connectivity index (χ1n) is 9.18. The molecule has 27 heavy (non-hydrogen) atoms. The summed E-state index contributed by atoms with van der Waals surface area (Å²) < 4.78 is 1.75. The van der Waals surface area contributed by atoms with Gasteiger partial charge in [0, 0.05) is 49.1 Å². The molecule has 2 aliphatic rings.